The minimum atomic E-state index is -0.187. The van der Waals surface area contributed by atoms with E-state index in [2.05, 4.69) is 27.3 Å². The fraction of sp³-hybridized carbons (Fsp3) is 0.524. The summed E-state index contributed by atoms with van der Waals surface area (Å²) in [4.78, 5) is 19.6. The van der Waals surface area contributed by atoms with Crippen LogP contribution in [0.3, 0.4) is 0 Å². The van der Waals surface area contributed by atoms with Crippen LogP contribution in [-0.4, -0.2) is 41.2 Å². The number of anilines is 1. The van der Waals surface area contributed by atoms with E-state index >= 15 is 0 Å². The Morgan fingerprint density at radius 1 is 1.12 bits per heavy atom. The number of nitrogens with one attached hydrogen (secondary N) is 1. The maximum absolute atomic E-state index is 12.8. The summed E-state index contributed by atoms with van der Waals surface area (Å²) < 4.78 is 0. The van der Waals surface area contributed by atoms with Crippen molar-refractivity contribution in [1.82, 2.24) is 10.3 Å². The van der Waals surface area contributed by atoms with Crippen LogP contribution in [0.15, 0.2) is 36.5 Å². The van der Waals surface area contributed by atoms with Gasteiger partial charge in [-0.1, -0.05) is 18.2 Å². The maximum Gasteiger partial charge on any atom is 0.225 e. The molecule has 2 aromatic rings. The number of aliphatic hydroxyl groups excluding tert-OH is 1. The second-order valence-electron chi connectivity index (χ2n) is 7.65. The number of aromatic nitrogens is 1. The molecule has 1 saturated carbocycles. The highest BCUT2D eigenvalue weighted by Gasteiger charge is 2.29. The van der Waals surface area contributed by atoms with Gasteiger partial charge < -0.3 is 15.3 Å². The van der Waals surface area contributed by atoms with E-state index in [1.54, 1.807) is 0 Å². The van der Waals surface area contributed by atoms with E-state index in [9.17, 15) is 9.90 Å². The highest BCUT2D eigenvalue weighted by Crippen LogP contribution is 2.29. The number of nitrogens with zero attached hydrogens (tertiary/aromatic N) is 2. The third kappa shape index (κ3) is 3.68. The Labute approximate surface area is 154 Å². The standard InChI is InChI=1S/C21H27N3O2/c25-17-9-7-16(8-10-17)23-21(26)15-4-3-13-24(14-15)20-11-12-22-19-6-2-1-5-18(19)20/h1-2,5-6,11-12,15-17,25H,3-4,7-10,13-14H2,(H,23,26). The molecular weight excluding hydrogens is 326 g/mol. The van der Waals surface area contributed by atoms with Crippen LogP contribution in [-0.2, 0) is 4.79 Å². The second kappa shape index (κ2) is 7.62. The summed E-state index contributed by atoms with van der Waals surface area (Å²) >= 11 is 0. The Balaban J connectivity index is 1.44. The lowest BCUT2D eigenvalue weighted by atomic mass is 9.91. The van der Waals surface area contributed by atoms with Gasteiger partial charge in [0.15, 0.2) is 0 Å². The first-order valence-corrected chi connectivity index (χ1v) is 9.78. The number of benzene rings is 1. The molecule has 2 aliphatic rings. The Morgan fingerprint density at radius 2 is 1.92 bits per heavy atom. The number of para-hydroxylation sites is 1. The largest absolute Gasteiger partial charge is 0.393 e. The highest BCUT2D eigenvalue weighted by atomic mass is 16.3. The molecule has 0 bridgehead atoms. The minimum absolute atomic E-state index is 0.0301. The Bertz CT molecular complexity index is 765. The van der Waals surface area contributed by atoms with Crippen molar-refractivity contribution in [2.75, 3.05) is 18.0 Å². The molecule has 1 atom stereocenters. The zero-order valence-electron chi connectivity index (χ0n) is 15.1. The average Bonchev–Trinajstić information content (AvgIpc) is 2.69. The summed E-state index contributed by atoms with van der Waals surface area (Å²) in [6.07, 6.45) is 7.01. The van der Waals surface area contributed by atoms with Crippen LogP contribution in [0.2, 0.25) is 0 Å². The van der Waals surface area contributed by atoms with Crippen LogP contribution in [0.1, 0.15) is 38.5 Å². The van der Waals surface area contributed by atoms with Crippen molar-refractivity contribution in [3.05, 3.63) is 36.5 Å². The van der Waals surface area contributed by atoms with E-state index in [1.165, 1.54) is 5.69 Å². The fourth-order valence-corrected chi connectivity index (χ4v) is 4.31. The van der Waals surface area contributed by atoms with Gasteiger partial charge in [0.05, 0.1) is 17.5 Å². The van der Waals surface area contributed by atoms with Crippen LogP contribution < -0.4 is 10.2 Å². The van der Waals surface area contributed by atoms with Gasteiger partial charge in [0.2, 0.25) is 5.91 Å². The van der Waals surface area contributed by atoms with E-state index in [1.807, 2.05) is 24.4 Å². The molecule has 2 fully saturated rings. The first-order chi connectivity index (χ1) is 12.7. The van der Waals surface area contributed by atoms with Gasteiger partial charge in [-0.15, -0.1) is 0 Å². The lowest BCUT2D eigenvalue weighted by Gasteiger charge is -2.35. The molecule has 5 nitrogen and oxygen atoms in total. The number of amides is 1. The van der Waals surface area contributed by atoms with Crippen LogP contribution in [0.25, 0.3) is 10.9 Å². The molecule has 5 heteroatoms. The molecule has 138 valence electrons. The molecule has 1 aliphatic carbocycles. The summed E-state index contributed by atoms with van der Waals surface area (Å²) in [5.74, 6) is 0.206. The smallest absolute Gasteiger partial charge is 0.225 e. The predicted molar refractivity (Wildman–Crippen MR) is 103 cm³/mol. The van der Waals surface area contributed by atoms with E-state index in [-0.39, 0.29) is 24.0 Å². The van der Waals surface area contributed by atoms with Crippen LogP contribution >= 0.6 is 0 Å². The molecule has 1 aromatic heterocycles. The molecule has 1 amide bonds. The molecule has 1 aromatic carbocycles. The normalized spacial score (nSPS) is 26.7. The number of rotatable bonds is 3. The molecule has 2 heterocycles. The van der Waals surface area contributed by atoms with Gasteiger partial charge in [0, 0.05) is 36.4 Å². The number of hydrogen-bond acceptors (Lipinski definition) is 4. The lowest BCUT2D eigenvalue weighted by Crippen LogP contribution is -2.47. The monoisotopic (exact) mass is 353 g/mol. The Morgan fingerprint density at radius 3 is 2.77 bits per heavy atom. The van der Waals surface area contributed by atoms with Gasteiger partial charge in [-0.3, -0.25) is 9.78 Å². The van der Waals surface area contributed by atoms with E-state index in [0.717, 1.165) is 62.5 Å². The number of piperidine rings is 1. The van der Waals surface area contributed by atoms with Gasteiger partial charge >= 0.3 is 0 Å². The first kappa shape index (κ1) is 17.3. The van der Waals surface area contributed by atoms with Crippen molar-refractivity contribution < 1.29 is 9.90 Å². The van der Waals surface area contributed by atoms with Gasteiger partial charge in [0.1, 0.15) is 0 Å². The number of aliphatic hydroxyl groups is 1. The average molecular weight is 353 g/mol. The number of fused-ring (bicyclic) bond motifs is 1. The van der Waals surface area contributed by atoms with Crippen LogP contribution in [0, 0.1) is 5.92 Å². The van der Waals surface area contributed by atoms with Crippen molar-refractivity contribution >= 4 is 22.5 Å². The molecule has 1 unspecified atom stereocenters. The molecule has 1 saturated heterocycles. The third-order valence-electron chi connectivity index (χ3n) is 5.80. The zero-order valence-corrected chi connectivity index (χ0v) is 15.1. The summed E-state index contributed by atoms with van der Waals surface area (Å²) in [5.41, 5.74) is 2.17. The summed E-state index contributed by atoms with van der Waals surface area (Å²) in [5, 5.41) is 14.0. The van der Waals surface area contributed by atoms with Crippen molar-refractivity contribution in [2.45, 2.75) is 50.7 Å². The summed E-state index contributed by atoms with van der Waals surface area (Å²) in [6.45, 7) is 1.74. The number of carbonyl (C=O) groups is 1. The quantitative estimate of drug-likeness (QED) is 0.890. The van der Waals surface area contributed by atoms with Crippen molar-refractivity contribution in [3.8, 4) is 0 Å². The number of hydrogen-bond donors (Lipinski definition) is 2. The summed E-state index contributed by atoms with van der Waals surface area (Å²) in [7, 11) is 0. The van der Waals surface area contributed by atoms with Gasteiger partial charge in [-0.25, -0.2) is 0 Å². The van der Waals surface area contributed by atoms with E-state index < -0.39 is 0 Å². The topological polar surface area (TPSA) is 65.5 Å². The number of pyridine rings is 1. The summed E-state index contributed by atoms with van der Waals surface area (Å²) in [6, 6.07) is 10.5. The zero-order chi connectivity index (χ0) is 17.9. The number of carbonyl (C=O) groups excluding carboxylic acids is 1. The van der Waals surface area contributed by atoms with Gasteiger partial charge in [-0.2, -0.15) is 0 Å². The van der Waals surface area contributed by atoms with Crippen molar-refractivity contribution in [1.29, 1.82) is 0 Å². The van der Waals surface area contributed by atoms with Gasteiger partial charge in [0.25, 0.3) is 0 Å². The van der Waals surface area contributed by atoms with Crippen molar-refractivity contribution in [3.63, 3.8) is 0 Å². The highest BCUT2D eigenvalue weighted by molar-refractivity contribution is 5.91. The molecule has 1 aliphatic heterocycles. The SMILES string of the molecule is O=C(NC1CCC(O)CC1)C1CCCN(c2ccnc3ccccc23)C1. The van der Waals surface area contributed by atoms with Crippen LogP contribution in [0.5, 0.6) is 0 Å². The van der Waals surface area contributed by atoms with E-state index in [4.69, 9.17) is 0 Å². The minimum Gasteiger partial charge on any atom is -0.393 e. The Hall–Kier alpha value is -2.14. The second-order valence-corrected chi connectivity index (χ2v) is 7.65. The molecular formula is C21H27N3O2. The molecule has 2 N–H and O–H groups in total. The molecule has 0 spiro atoms. The van der Waals surface area contributed by atoms with Crippen molar-refractivity contribution in [2.24, 2.45) is 5.92 Å². The molecule has 0 radical (unpaired) electrons. The lowest BCUT2D eigenvalue weighted by molar-refractivity contribution is -0.126. The third-order valence-corrected chi connectivity index (χ3v) is 5.80. The van der Waals surface area contributed by atoms with E-state index in [0.29, 0.717) is 0 Å². The maximum atomic E-state index is 12.8. The predicted octanol–water partition coefficient (Wildman–Crippen LogP) is 2.87. The van der Waals surface area contributed by atoms with Gasteiger partial charge in [-0.05, 0) is 50.7 Å². The fourth-order valence-electron chi connectivity index (χ4n) is 4.31. The molecule has 26 heavy (non-hydrogen) atoms. The first-order valence-electron chi connectivity index (χ1n) is 9.78. The van der Waals surface area contributed by atoms with Crippen LogP contribution in [0.4, 0.5) is 5.69 Å². The Kier molecular flexibility index (Phi) is 5.07. The molecule has 4 rings (SSSR count).